The summed E-state index contributed by atoms with van der Waals surface area (Å²) in [6, 6.07) is 8.06. The van der Waals surface area contributed by atoms with E-state index in [0.717, 1.165) is 11.1 Å². The maximum absolute atomic E-state index is 12.4. The number of methoxy groups -OCH3 is 1. The van der Waals surface area contributed by atoms with Crippen LogP contribution in [0.15, 0.2) is 34.1 Å². The summed E-state index contributed by atoms with van der Waals surface area (Å²) in [5, 5.41) is 0.00100. The van der Waals surface area contributed by atoms with E-state index in [1.807, 2.05) is 25.1 Å². The van der Waals surface area contributed by atoms with Crippen molar-refractivity contribution >= 4 is 35.3 Å². The number of esters is 1. The van der Waals surface area contributed by atoms with Crippen LogP contribution >= 0.6 is 23.5 Å². The van der Waals surface area contributed by atoms with E-state index in [-0.39, 0.29) is 16.6 Å². The summed E-state index contributed by atoms with van der Waals surface area (Å²) in [5.41, 5.74) is 2.36. The highest BCUT2D eigenvalue weighted by molar-refractivity contribution is 8.22. The minimum Gasteiger partial charge on any atom is -0.465 e. The number of ether oxygens (including phenoxy) is 1. The van der Waals surface area contributed by atoms with E-state index < -0.39 is 5.97 Å². The van der Waals surface area contributed by atoms with Gasteiger partial charge in [-0.2, -0.15) is 0 Å². The highest BCUT2D eigenvalue weighted by Gasteiger charge is 2.33. The van der Waals surface area contributed by atoms with Gasteiger partial charge in [-0.1, -0.05) is 35.7 Å². The summed E-state index contributed by atoms with van der Waals surface area (Å²) in [7, 11) is 1.28. The first-order valence-electron chi connectivity index (χ1n) is 6.72. The van der Waals surface area contributed by atoms with Crippen LogP contribution in [-0.4, -0.2) is 24.6 Å². The minimum atomic E-state index is -0.584. The van der Waals surface area contributed by atoms with E-state index >= 15 is 0 Å². The maximum atomic E-state index is 12.4. The van der Waals surface area contributed by atoms with Gasteiger partial charge >= 0.3 is 5.97 Å². The third-order valence-electron chi connectivity index (χ3n) is 3.19. The van der Waals surface area contributed by atoms with Crippen molar-refractivity contribution in [3.05, 3.63) is 45.2 Å². The average Bonchev–Trinajstić information content (AvgIpc) is 2.51. The fourth-order valence-electron chi connectivity index (χ4n) is 2.18. The van der Waals surface area contributed by atoms with Gasteiger partial charge in [-0.25, -0.2) is 4.79 Å². The molecule has 1 aliphatic rings. The predicted molar refractivity (Wildman–Crippen MR) is 91.5 cm³/mol. The van der Waals surface area contributed by atoms with Crippen molar-refractivity contribution in [1.29, 1.82) is 0 Å². The van der Waals surface area contributed by atoms with E-state index in [2.05, 4.69) is 12.0 Å². The lowest BCUT2D eigenvalue weighted by molar-refractivity contribution is -0.137. The molecule has 1 aliphatic heterocycles. The Bertz CT molecular complexity index is 671. The molecule has 0 N–H and O–H groups in total. The van der Waals surface area contributed by atoms with Crippen LogP contribution in [0.25, 0.3) is 0 Å². The number of ketones is 1. The van der Waals surface area contributed by atoms with Crippen LogP contribution in [0.1, 0.15) is 22.8 Å². The third-order valence-corrected chi connectivity index (χ3v) is 5.75. The van der Waals surface area contributed by atoms with Crippen LogP contribution in [0.5, 0.6) is 0 Å². The van der Waals surface area contributed by atoms with Gasteiger partial charge in [0, 0.05) is 11.7 Å². The lowest BCUT2D eigenvalue weighted by Crippen LogP contribution is -2.21. The topological polar surface area (TPSA) is 43.4 Å². The Labute approximate surface area is 138 Å². The molecule has 2 rings (SSSR count). The molecule has 0 saturated carbocycles. The molecule has 0 saturated heterocycles. The predicted octanol–water partition coefficient (Wildman–Crippen LogP) is 3.49. The summed E-state index contributed by atoms with van der Waals surface area (Å²) < 4.78 is 5.39. The molecule has 0 aromatic heterocycles. The van der Waals surface area contributed by atoms with Crippen molar-refractivity contribution in [1.82, 2.24) is 0 Å². The molecule has 1 atom stereocenters. The molecule has 1 aromatic rings. The quantitative estimate of drug-likeness (QED) is 0.480. The highest BCUT2D eigenvalue weighted by Crippen LogP contribution is 2.48. The summed E-state index contributed by atoms with van der Waals surface area (Å²) >= 11 is 2.85. The Balaban J connectivity index is 2.35. The normalized spacial score (nSPS) is 18.0. The monoisotopic (exact) mass is 332 g/mol. The van der Waals surface area contributed by atoms with Crippen molar-refractivity contribution in [3.8, 4) is 12.3 Å². The second kappa shape index (κ2) is 7.57. The van der Waals surface area contributed by atoms with E-state index in [0.29, 0.717) is 16.4 Å². The van der Waals surface area contributed by atoms with Gasteiger partial charge in [0.1, 0.15) is 5.57 Å². The van der Waals surface area contributed by atoms with E-state index in [4.69, 9.17) is 11.2 Å². The Morgan fingerprint density at radius 2 is 2.32 bits per heavy atom. The molecule has 0 fully saturated rings. The molecule has 114 valence electrons. The fourth-order valence-corrected chi connectivity index (χ4v) is 4.63. The summed E-state index contributed by atoms with van der Waals surface area (Å²) in [6.07, 6.45) is 5.59. The molecular formula is C17H16O3S2. The number of hydrogen-bond donors (Lipinski definition) is 0. The lowest BCUT2D eigenvalue weighted by atomic mass is 10.0. The van der Waals surface area contributed by atoms with Crippen LogP contribution in [0.3, 0.4) is 0 Å². The molecule has 3 nitrogen and oxygen atoms in total. The zero-order chi connectivity index (χ0) is 16.1. The van der Waals surface area contributed by atoms with E-state index in [1.165, 1.54) is 30.6 Å². The molecule has 0 spiro atoms. The number of Topliss-reactive ketones (excluding diaryl/α,β-unsaturated/α-hetero) is 1. The SMILES string of the molecule is C#CCSC1=C(C(=O)OC)C(=O)CC(c2cccc(C)c2)S1. The first-order valence-corrected chi connectivity index (χ1v) is 8.58. The molecule has 5 heteroatoms. The third kappa shape index (κ3) is 3.76. The number of hydrogen-bond acceptors (Lipinski definition) is 5. The summed E-state index contributed by atoms with van der Waals surface area (Å²) in [4.78, 5) is 24.3. The number of terminal acetylenes is 1. The number of carbonyl (C=O) groups is 2. The lowest BCUT2D eigenvalue weighted by Gasteiger charge is -2.24. The number of thioether (sulfide) groups is 2. The molecule has 1 aromatic carbocycles. The Morgan fingerprint density at radius 1 is 1.55 bits per heavy atom. The molecule has 0 aliphatic carbocycles. The van der Waals surface area contributed by atoms with Crippen LogP contribution in [0.2, 0.25) is 0 Å². The van der Waals surface area contributed by atoms with Crippen molar-refractivity contribution < 1.29 is 14.3 Å². The van der Waals surface area contributed by atoms with Gasteiger partial charge in [-0.15, -0.1) is 29.9 Å². The minimum absolute atomic E-state index is 0.00100. The molecule has 1 heterocycles. The standard InChI is InChI=1S/C17H16O3S2/c1-4-8-21-17-15(16(19)20-3)13(18)10-14(22-17)12-7-5-6-11(2)9-12/h1,5-7,9,14H,8,10H2,2-3H3. The van der Waals surface area contributed by atoms with Crippen LogP contribution < -0.4 is 0 Å². The van der Waals surface area contributed by atoms with E-state index in [1.54, 1.807) is 0 Å². The largest absolute Gasteiger partial charge is 0.465 e. The Hall–Kier alpha value is -1.64. The molecule has 0 radical (unpaired) electrons. The zero-order valence-corrected chi connectivity index (χ0v) is 14.1. The maximum Gasteiger partial charge on any atom is 0.343 e. The number of rotatable bonds is 4. The first kappa shape index (κ1) is 16.7. The van der Waals surface area contributed by atoms with Gasteiger partial charge in [0.05, 0.1) is 17.1 Å². The van der Waals surface area contributed by atoms with Crippen LogP contribution in [0, 0.1) is 19.3 Å². The van der Waals surface area contributed by atoms with Crippen LogP contribution in [-0.2, 0) is 14.3 Å². The van der Waals surface area contributed by atoms with E-state index in [9.17, 15) is 9.59 Å². The number of carbonyl (C=O) groups excluding carboxylic acids is 2. The molecule has 0 amide bonds. The second-order valence-corrected chi connectivity index (χ2v) is 7.25. The first-order chi connectivity index (χ1) is 10.6. The van der Waals surface area contributed by atoms with Gasteiger partial charge in [0.15, 0.2) is 5.78 Å². The highest BCUT2D eigenvalue weighted by atomic mass is 32.2. The van der Waals surface area contributed by atoms with Gasteiger partial charge in [-0.3, -0.25) is 4.79 Å². The van der Waals surface area contributed by atoms with Gasteiger partial charge in [0.25, 0.3) is 0 Å². The van der Waals surface area contributed by atoms with Gasteiger partial charge in [0.2, 0.25) is 0 Å². The number of aryl methyl sites for hydroxylation is 1. The van der Waals surface area contributed by atoms with Crippen molar-refractivity contribution in [3.63, 3.8) is 0 Å². The average molecular weight is 332 g/mol. The van der Waals surface area contributed by atoms with Crippen LogP contribution in [0.4, 0.5) is 0 Å². The van der Waals surface area contributed by atoms with Gasteiger partial charge in [-0.05, 0) is 12.5 Å². The molecule has 1 unspecified atom stereocenters. The Kier molecular flexibility index (Phi) is 5.76. The number of benzene rings is 1. The summed E-state index contributed by atoms with van der Waals surface area (Å²) in [5.74, 6) is 2.17. The van der Waals surface area contributed by atoms with Gasteiger partial charge < -0.3 is 4.74 Å². The second-order valence-electron chi connectivity index (χ2n) is 4.79. The smallest absolute Gasteiger partial charge is 0.343 e. The molecule has 0 bridgehead atoms. The molecular weight excluding hydrogens is 316 g/mol. The van der Waals surface area contributed by atoms with Crippen molar-refractivity contribution in [2.24, 2.45) is 0 Å². The zero-order valence-electron chi connectivity index (χ0n) is 12.4. The summed E-state index contributed by atoms with van der Waals surface area (Å²) in [6.45, 7) is 2.02. The van der Waals surface area contributed by atoms with Crippen molar-refractivity contribution in [2.45, 2.75) is 18.6 Å². The fraction of sp³-hybridized carbons (Fsp3) is 0.294. The molecule has 22 heavy (non-hydrogen) atoms. The Morgan fingerprint density at radius 3 is 2.95 bits per heavy atom. The van der Waals surface area contributed by atoms with Crippen molar-refractivity contribution in [2.75, 3.05) is 12.9 Å².